The van der Waals surface area contributed by atoms with Crippen LogP contribution in [0.15, 0.2) is 35.8 Å². The number of aromatic nitrogens is 3. The van der Waals surface area contributed by atoms with E-state index in [2.05, 4.69) is 15.0 Å². The number of hydrogen-bond acceptors (Lipinski definition) is 3. The summed E-state index contributed by atoms with van der Waals surface area (Å²) >= 11 is 1.67. The summed E-state index contributed by atoms with van der Waals surface area (Å²) in [4.78, 5) is 12.9. The van der Waals surface area contributed by atoms with Gasteiger partial charge in [0.15, 0.2) is 5.65 Å². The Labute approximate surface area is 98.2 Å². The predicted octanol–water partition coefficient (Wildman–Crippen LogP) is 3.71. The molecule has 0 saturated heterocycles. The molecule has 3 rings (SSSR count). The van der Waals surface area contributed by atoms with E-state index in [1.807, 2.05) is 43.5 Å². The van der Waals surface area contributed by atoms with Crippen LogP contribution in [0, 0.1) is 0 Å². The molecule has 1 N–H and O–H groups in total. The maximum absolute atomic E-state index is 4.40. The van der Waals surface area contributed by atoms with Crippen molar-refractivity contribution in [3.63, 3.8) is 0 Å². The second-order valence-electron chi connectivity index (χ2n) is 2.94. The summed E-state index contributed by atoms with van der Waals surface area (Å²) < 4.78 is 0. The van der Waals surface area contributed by atoms with Crippen LogP contribution < -0.4 is 0 Å². The minimum absolute atomic E-state index is 0.774. The molecule has 0 unspecified atom stereocenters. The molecule has 0 aliphatic carbocycles. The summed E-state index contributed by atoms with van der Waals surface area (Å²) in [6, 6.07) is 7.94. The third-order valence-corrected chi connectivity index (χ3v) is 2.89. The molecule has 16 heavy (non-hydrogen) atoms. The van der Waals surface area contributed by atoms with E-state index in [1.54, 1.807) is 17.5 Å². The Hall–Kier alpha value is -1.68. The molecule has 82 valence electrons. The summed E-state index contributed by atoms with van der Waals surface area (Å²) in [5.74, 6) is 0.897. The zero-order valence-corrected chi connectivity index (χ0v) is 10.1. The molecule has 3 nitrogen and oxygen atoms in total. The molecule has 3 aromatic rings. The van der Waals surface area contributed by atoms with E-state index in [4.69, 9.17) is 0 Å². The van der Waals surface area contributed by atoms with Crippen molar-refractivity contribution in [2.45, 2.75) is 13.8 Å². The van der Waals surface area contributed by atoms with Gasteiger partial charge in [0.1, 0.15) is 5.82 Å². The number of hydrogen-bond donors (Lipinski definition) is 1. The van der Waals surface area contributed by atoms with E-state index in [0.29, 0.717) is 0 Å². The van der Waals surface area contributed by atoms with Crippen LogP contribution in [-0.2, 0) is 0 Å². The maximum Gasteiger partial charge on any atom is 0.178 e. The smallest absolute Gasteiger partial charge is 0.178 e. The normalized spacial score (nSPS) is 9.88. The average Bonchev–Trinajstić information content (AvgIpc) is 3.00. The molecule has 0 saturated carbocycles. The van der Waals surface area contributed by atoms with E-state index in [9.17, 15) is 0 Å². The van der Waals surface area contributed by atoms with Crippen molar-refractivity contribution in [2.24, 2.45) is 0 Å². The lowest BCUT2D eigenvalue weighted by molar-refractivity contribution is 1.31. The number of fused-ring (bicyclic) bond motifs is 1. The Morgan fingerprint density at radius 2 is 2.06 bits per heavy atom. The first kappa shape index (κ1) is 10.8. The van der Waals surface area contributed by atoms with Gasteiger partial charge in [-0.1, -0.05) is 19.9 Å². The summed E-state index contributed by atoms with van der Waals surface area (Å²) in [7, 11) is 0. The first-order valence-corrected chi connectivity index (χ1v) is 6.16. The first-order chi connectivity index (χ1) is 7.93. The zero-order valence-electron chi connectivity index (χ0n) is 9.27. The van der Waals surface area contributed by atoms with Crippen LogP contribution in [-0.4, -0.2) is 15.0 Å². The number of nitrogens with zero attached hydrogens (tertiary/aromatic N) is 2. The second kappa shape index (κ2) is 4.90. The van der Waals surface area contributed by atoms with Crippen molar-refractivity contribution >= 4 is 22.5 Å². The van der Waals surface area contributed by atoms with Gasteiger partial charge in [0.05, 0.1) is 10.4 Å². The Morgan fingerprint density at radius 3 is 2.75 bits per heavy atom. The SMILES string of the molecule is CC.c1csc(-c2nc3ncccc3[nH]2)c1. The second-order valence-corrected chi connectivity index (χ2v) is 3.88. The highest BCUT2D eigenvalue weighted by Crippen LogP contribution is 2.23. The average molecular weight is 231 g/mol. The van der Waals surface area contributed by atoms with Crippen molar-refractivity contribution in [3.05, 3.63) is 35.8 Å². The van der Waals surface area contributed by atoms with Crippen LogP contribution in [0.4, 0.5) is 0 Å². The molecule has 0 atom stereocenters. The standard InChI is InChI=1S/C10H7N3S.C2H6/c1-3-7-9(11-5-1)13-10(12-7)8-4-2-6-14-8;1-2/h1-6H,(H,11,12,13);1-2H3. The minimum Gasteiger partial charge on any atom is -0.336 e. The Morgan fingerprint density at radius 1 is 1.19 bits per heavy atom. The number of imidazole rings is 1. The van der Waals surface area contributed by atoms with Crippen LogP contribution in [0.25, 0.3) is 21.9 Å². The molecule has 3 aromatic heterocycles. The van der Waals surface area contributed by atoms with Crippen LogP contribution >= 0.6 is 11.3 Å². The quantitative estimate of drug-likeness (QED) is 0.693. The van der Waals surface area contributed by atoms with Crippen molar-refractivity contribution in [1.29, 1.82) is 0 Å². The maximum atomic E-state index is 4.40. The number of nitrogens with one attached hydrogen (secondary N) is 1. The number of aromatic amines is 1. The van der Waals surface area contributed by atoms with Gasteiger partial charge in [-0.2, -0.15) is 0 Å². The molecule has 4 heteroatoms. The molecule has 0 radical (unpaired) electrons. The number of H-pyrrole nitrogens is 1. The molecule has 0 aliphatic rings. The number of pyridine rings is 1. The van der Waals surface area contributed by atoms with Gasteiger partial charge in [-0.05, 0) is 23.6 Å². The lowest BCUT2D eigenvalue weighted by Gasteiger charge is -1.85. The fraction of sp³-hybridized carbons (Fsp3) is 0.167. The van der Waals surface area contributed by atoms with Gasteiger partial charge in [0, 0.05) is 6.20 Å². The van der Waals surface area contributed by atoms with Gasteiger partial charge in [-0.3, -0.25) is 0 Å². The van der Waals surface area contributed by atoms with E-state index in [-0.39, 0.29) is 0 Å². The van der Waals surface area contributed by atoms with Crippen molar-refractivity contribution in [3.8, 4) is 10.7 Å². The Kier molecular flexibility index (Phi) is 3.31. The molecule has 0 bridgehead atoms. The molecule has 0 fully saturated rings. The van der Waals surface area contributed by atoms with Gasteiger partial charge < -0.3 is 4.98 Å². The molecule has 0 amide bonds. The Balaban J connectivity index is 0.000000457. The highest BCUT2D eigenvalue weighted by atomic mass is 32.1. The summed E-state index contributed by atoms with van der Waals surface area (Å²) in [6.07, 6.45) is 1.75. The van der Waals surface area contributed by atoms with Gasteiger partial charge >= 0.3 is 0 Å². The summed E-state index contributed by atoms with van der Waals surface area (Å²) in [5.41, 5.74) is 1.76. The van der Waals surface area contributed by atoms with Gasteiger partial charge in [0.2, 0.25) is 0 Å². The molecule has 0 aliphatic heterocycles. The largest absolute Gasteiger partial charge is 0.336 e. The van der Waals surface area contributed by atoms with Crippen LogP contribution in [0.1, 0.15) is 13.8 Å². The highest BCUT2D eigenvalue weighted by Gasteiger charge is 2.05. The van der Waals surface area contributed by atoms with Crippen LogP contribution in [0.3, 0.4) is 0 Å². The molecule has 0 spiro atoms. The van der Waals surface area contributed by atoms with E-state index in [1.165, 1.54) is 0 Å². The third-order valence-electron chi connectivity index (χ3n) is 2.01. The predicted molar refractivity (Wildman–Crippen MR) is 68.5 cm³/mol. The lowest BCUT2D eigenvalue weighted by Crippen LogP contribution is -1.73. The molecular weight excluding hydrogens is 218 g/mol. The van der Waals surface area contributed by atoms with Crippen LogP contribution in [0.2, 0.25) is 0 Å². The fourth-order valence-electron chi connectivity index (χ4n) is 1.38. The van der Waals surface area contributed by atoms with Crippen LogP contribution in [0.5, 0.6) is 0 Å². The first-order valence-electron chi connectivity index (χ1n) is 5.28. The molecular formula is C12H13N3S. The van der Waals surface area contributed by atoms with E-state index >= 15 is 0 Å². The topological polar surface area (TPSA) is 41.6 Å². The summed E-state index contributed by atoms with van der Waals surface area (Å²) in [6.45, 7) is 4.00. The van der Waals surface area contributed by atoms with Gasteiger partial charge in [-0.25, -0.2) is 9.97 Å². The van der Waals surface area contributed by atoms with Crippen molar-refractivity contribution < 1.29 is 0 Å². The number of thiophene rings is 1. The Bertz CT molecular complexity index is 521. The van der Waals surface area contributed by atoms with E-state index in [0.717, 1.165) is 21.9 Å². The minimum atomic E-state index is 0.774. The fourth-order valence-corrected chi connectivity index (χ4v) is 2.04. The third kappa shape index (κ3) is 1.97. The zero-order chi connectivity index (χ0) is 11.4. The highest BCUT2D eigenvalue weighted by molar-refractivity contribution is 7.13. The lowest BCUT2D eigenvalue weighted by atomic mass is 10.4. The summed E-state index contributed by atoms with van der Waals surface area (Å²) in [5, 5.41) is 2.04. The van der Waals surface area contributed by atoms with Crippen molar-refractivity contribution in [1.82, 2.24) is 15.0 Å². The van der Waals surface area contributed by atoms with Gasteiger partial charge in [-0.15, -0.1) is 11.3 Å². The monoisotopic (exact) mass is 231 g/mol. The molecule has 0 aromatic carbocycles. The number of rotatable bonds is 1. The molecule has 3 heterocycles. The van der Waals surface area contributed by atoms with Gasteiger partial charge in [0.25, 0.3) is 0 Å². The van der Waals surface area contributed by atoms with E-state index < -0.39 is 0 Å². The van der Waals surface area contributed by atoms with Crippen molar-refractivity contribution in [2.75, 3.05) is 0 Å².